The summed E-state index contributed by atoms with van der Waals surface area (Å²) >= 11 is 0. The van der Waals surface area contributed by atoms with Crippen LogP contribution >= 0.6 is 0 Å². The van der Waals surface area contributed by atoms with Crippen LogP contribution in [0.15, 0.2) is 0 Å². The van der Waals surface area contributed by atoms with Crippen molar-refractivity contribution >= 4 is 5.91 Å². The molecule has 2 fully saturated rings. The summed E-state index contributed by atoms with van der Waals surface area (Å²) in [7, 11) is 0. The third kappa shape index (κ3) is 1.92. The minimum atomic E-state index is 0.236. The molecular formula is C11H20N2O. The van der Waals surface area contributed by atoms with Gasteiger partial charge in [0.25, 0.3) is 0 Å². The van der Waals surface area contributed by atoms with Crippen LogP contribution < -0.4 is 5.73 Å². The molecule has 1 saturated carbocycles. The average molecular weight is 196 g/mol. The highest BCUT2D eigenvalue weighted by Crippen LogP contribution is 2.30. The van der Waals surface area contributed by atoms with E-state index in [-0.39, 0.29) is 6.04 Å². The largest absolute Gasteiger partial charge is 0.339 e. The third-order valence-electron chi connectivity index (χ3n) is 3.51. The summed E-state index contributed by atoms with van der Waals surface area (Å²) in [5, 5.41) is 0. The molecule has 1 saturated heterocycles. The molecule has 2 N–H and O–H groups in total. The second-order valence-corrected chi connectivity index (χ2v) is 4.97. The van der Waals surface area contributed by atoms with Crippen molar-refractivity contribution < 1.29 is 4.79 Å². The SMILES string of the molecule is CC1CCCC(C(=O)N2CC(N)C2)C1. The first-order valence-corrected chi connectivity index (χ1v) is 5.71. The van der Waals surface area contributed by atoms with Gasteiger partial charge in [-0.25, -0.2) is 0 Å². The van der Waals surface area contributed by atoms with E-state index in [0.717, 1.165) is 31.8 Å². The molecule has 2 rings (SSSR count). The van der Waals surface area contributed by atoms with Gasteiger partial charge in [-0.15, -0.1) is 0 Å². The van der Waals surface area contributed by atoms with Gasteiger partial charge in [0.2, 0.25) is 5.91 Å². The van der Waals surface area contributed by atoms with Gasteiger partial charge in [0.15, 0.2) is 0 Å². The van der Waals surface area contributed by atoms with E-state index in [1.807, 2.05) is 4.90 Å². The molecular weight excluding hydrogens is 176 g/mol. The van der Waals surface area contributed by atoms with Crippen LogP contribution in [0.4, 0.5) is 0 Å². The predicted octanol–water partition coefficient (Wildman–Crippen LogP) is 0.982. The van der Waals surface area contributed by atoms with Gasteiger partial charge in [0.1, 0.15) is 0 Å². The molecule has 0 spiro atoms. The number of likely N-dealkylation sites (tertiary alicyclic amines) is 1. The standard InChI is InChI=1S/C11H20N2O/c1-8-3-2-4-9(5-8)11(14)13-6-10(12)7-13/h8-10H,2-7,12H2,1H3. The second kappa shape index (κ2) is 3.89. The Bertz CT molecular complexity index is 223. The fourth-order valence-corrected chi connectivity index (χ4v) is 2.61. The summed E-state index contributed by atoms with van der Waals surface area (Å²) in [6.45, 7) is 3.81. The summed E-state index contributed by atoms with van der Waals surface area (Å²) in [6.07, 6.45) is 4.69. The summed E-state index contributed by atoms with van der Waals surface area (Å²) in [4.78, 5) is 13.9. The van der Waals surface area contributed by atoms with Crippen LogP contribution in [0.5, 0.6) is 0 Å². The van der Waals surface area contributed by atoms with E-state index in [0.29, 0.717) is 11.8 Å². The molecule has 80 valence electrons. The van der Waals surface area contributed by atoms with E-state index in [1.54, 1.807) is 0 Å². The Morgan fingerprint density at radius 3 is 2.64 bits per heavy atom. The fraction of sp³-hybridized carbons (Fsp3) is 0.909. The molecule has 2 unspecified atom stereocenters. The molecule has 0 bridgehead atoms. The summed E-state index contributed by atoms with van der Waals surface area (Å²) in [5.74, 6) is 1.39. The molecule has 0 radical (unpaired) electrons. The zero-order chi connectivity index (χ0) is 10.1. The Labute approximate surface area is 85.6 Å². The van der Waals surface area contributed by atoms with Crippen LogP contribution in [0, 0.1) is 11.8 Å². The molecule has 3 nitrogen and oxygen atoms in total. The van der Waals surface area contributed by atoms with Crippen LogP contribution in [0.1, 0.15) is 32.6 Å². The molecule has 2 aliphatic rings. The van der Waals surface area contributed by atoms with Gasteiger partial charge in [-0.1, -0.05) is 19.8 Å². The van der Waals surface area contributed by atoms with Gasteiger partial charge < -0.3 is 10.6 Å². The van der Waals surface area contributed by atoms with Crippen LogP contribution in [0.2, 0.25) is 0 Å². The quantitative estimate of drug-likeness (QED) is 0.679. The van der Waals surface area contributed by atoms with Gasteiger partial charge in [-0.05, 0) is 18.8 Å². The Hall–Kier alpha value is -0.570. The molecule has 0 aromatic heterocycles. The van der Waals surface area contributed by atoms with Gasteiger partial charge >= 0.3 is 0 Å². The Morgan fingerprint density at radius 2 is 2.07 bits per heavy atom. The highest BCUT2D eigenvalue weighted by atomic mass is 16.2. The van der Waals surface area contributed by atoms with Crippen molar-refractivity contribution in [3.8, 4) is 0 Å². The van der Waals surface area contributed by atoms with E-state index < -0.39 is 0 Å². The third-order valence-corrected chi connectivity index (χ3v) is 3.51. The van der Waals surface area contributed by atoms with Crippen LogP contribution in [0.3, 0.4) is 0 Å². The van der Waals surface area contributed by atoms with Crippen molar-refractivity contribution in [3.05, 3.63) is 0 Å². The first-order valence-electron chi connectivity index (χ1n) is 5.71. The van der Waals surface area contributed by atoms with Gasteiger partial charge in [0.05, 0.1) is 0 Å². The Morgan fingerprint density at radius 1 is 1.36 bits per heavy atom. The highest BCUT2D eigenvalue weighted by molar-refractivity contribution is 5.79. The van der Waals surface area contributed by atoms with E-state index in [2.05, 4.69) is 6.92 Å². The maximum absolute atomic E-state index is 11.9. The van der Waals surface area contributed by atoms with Crippen molar-refractivity contribution in [2.45, 2.75) is 38.6 Å². The van der Waals surface area contributed by atoms with Crippen molar-refractivity contribution in [2.24, 2.45) is 17.6 Å². The van der Waals surface area contributed by atoms with E-state index in [9.17, 15) is 4.79 Å². The second-order valence-electron chi connectivity index (χ2n) is 4.97. The van der Waals surface area contributed by atoms with Crippen LogP contribution in [-0.4, -0.2) is 29.9 Å². The number of carbonyl (C=O) groups excluding carboxylic acids is 1. The minimum absolute atomic E-state index is 0.236. The molecule has 1 heterocycles. The van der Waals surface area contributed by atoms with E-state index >= 15 is 0 Å². The van der Waals surface area contributed by atoms with Crippen molar-refractivity contribution in [2.75, 3.05) is 13.1 Å². The molecule has 0 aromatic rings. The first kappa shape index (κ1) is 9.97. The molecule has 0 aromatic carbocycles. The van der Waals surface area contributed by atoms with Gasteiger partial charge in [-0.3, -0.25) is 4.79 Å². The number of carbonyl (C=O) groups is 1. The minimum Gasteiger partial charge on any atom is -0.339 e. The Kier molecular flexibility index (Phi) is 2.77. The number of nitrogens with zero attached hydrogens (tertiary/aromatic N) is 1. The number of hydrogen-bond donors (Lipinski definition) is 1. The van der Waals surface area contributed by atoms with Crippen molar-refractivity contribution in [1.29, 1.82) is 0 Å². The summed E-state index contributed by atoms with van der Waals surface area (Å²) < 4.78 is 0. The molecule has 1 aliphatic carbocycles. The number of hydrogen-bond acceptors (Lipinski definition) is 2. The molecule has 2 atom stereocenters. The predicted molar refractivity (Wildman–Crippen MR) is 55.7 cm³/mol. The molecule has 1 aliphatic heterocycles. The summed E-state index contributed by atoms with van der Waals surface area (Å²) in [5.41, 5.74) is 5.67. The fourth-order valence-electron chi connectivity index (χ4n) is 2.61. The molecule has 14 heavy (non-hydrogen) atoms. The number of rotatable bonds is 1. The summed E-state index contributed by atoms with van der Waals surface area (Å²) in [6, 6.07) is 0.236. The van der Waals surface area contributed by atoms with E-state index in [1.165, 1.54) is 12.8 Å². The zero-order valence-corrected chi connectivity index (χ0v) is 8.91. The number of nitrogens with two attached hydrogens (primary N) is 1. The normalized spacial score (nSPS) is 34.0. The molecule has 1 amide bonds. The van der Waals surface area contributed by atoms with Crippen LogP contribution in [-0.2, 0) is 4.79 Å². The maximum atomic E-state index is 11.9. The zero-order valence-electron chi connectivity index (χ0n) is 8.91. The average Bonchev–Trinajstić information content (AvgIpc) is 2.12. The lowest BCUT2D eigenvalue weighted by molar-refractivity contribution is -0.141. The van der Waals surface area contributed by atoms with Gasteiger partial charge in [-0.2, -0.15) is 0 Å². The monoisotopic (exact) mass is 196 g/mol. The maximum Gasteiger partial charge on any atom is 0.225 e. The number of amides is 1. The lowest BCUT2D eigenvalue weighted by atomic mass is 9.81. The lowest BCUT2D eigenvalue weighted by Crippen LogP contribution is -2.59. The smallest absolute Gasteiger partial charge is 0.225 e. The highest BCUT2D eigenvalue weighted by Gasteiger charge is 2.34. The van der Waals surface area contributed by atoms with Crippen molar-refractivity contribution in [3.63, 3.8) is 0 Å². The topological polar surface area (TPSA) is 46.3 Å². The van der Waals surface area contributed by atoms with Crippen LogP contribution in [0.25, 0.3) is 0 Å². The lowest BCUT2D eigenvalue weighted by Gasteiger charge is -2.40. The first-order chi connectivity index (χ1) is 6.66. The molecule has 3 heteroatoms. The van der Waals surface area contributed by atoms with Crippen molar-refractivity contribution in [1.82, 2.24) is 4.90 Å². The Balaban J connectivity index is 1.85. The van der Waals surface area contributed by atoms with Gasteiger partial charge in [0, 0.05) is 25.0 Å². The van der Waals surface area contributed by atoms with E-state index in [4.69, 9.17) is 5.73 Å².